The number of hydrogen-bond acceptors (Lipinski definition) is 8. The standard InChI is InChI=1S/C15H26N6O3/c1-3-19(9-10-22)13-12(16)14(18-11-17-13)20-5-7-21(8-6-20)15(23)24-4-2/h11,22H,3-10,16H2,1-2H3. The molecule has 1 aromatic heterocycles. The number of aliphatic hydroxyl groups is 1. The van der Waals surface area contributed by atoms with Gasteiger partial charge < -0.3 is 30.3 Å². The molecule has 1 aliphatic heterocycles. The number of amides is 1. The molecule has 2 heterocycles. The fourth-order valence-corrected chi connectivity index (χ4v) is 2.73. The van der Waals surface area contributed by atoms with E-state index in [9.17, 15) is 9.90 Å². The zero-order valence-corrected chi connectivity index (χ0v) is 14.3. The molecular formula is C15H26N6O3. The van der Waals surface area contributed by atoms with Crippen LogP contribution in [0.2, 0.25) is 0 Å². The van der Waals surface area contributed by atoms with Crippen LogP contribution in [0.3, 0.4) is 0 Å². The lowest BCUT2D eigenvalue weighted by Crippen LogP contribution is -2.49. The molecule has 0 radical (unpaired) electrons. The van der Waals surface area contributed by atoms with Gasteiger partial charge in [0.1, 0.15) is 12.0 Å². The van der Waals surface area contributed by atoms with Gasteiger partial charge in [0.2, 0.25) is 0 Å². The summed E-state index contributed by atoms with van der Waals surface area (Å²) in [5.74, 6) is 1.30. The topological polar surface area (TPSA) is 108 Å². The Morgan fingerprint density at radius 1 is 1.33 bits per heavy atom. The molecule has 0 atom stereocenters. The zero-order chi connectivity index (χ0) is 17.5. The average molecular weight is 338 g/mol. The maximum Gasteiger partial charge on any atom is 0.409 e. The van der Waals surface area contributed by atoms with Gasteiger partial charge in [0.15, 0.2) is 11.6 Å². The molecule has 9 nitrogen and oxygen atoms in total. The molecule has 2 rings (SSSR count). The van der Waals surface area contributed by atoms with E-state index in [1.807, 2.05) is 16.7 Å². The molecular weight excluding hydrogens is 312 g/mol. The van der Waals surface area contributed by atoms with Crippen molar-refractivity contribution in [2.75, 3.05) is 68.0 Å². The van der Waals surface area contributed by atoms with Crippen molar-refractivity contribution in [3.05, 3.63) is 6.33 Å². The smallest absolute Gasteiger partial charge is 0.409 e. The number of carbonyl (C=O) groups excluding carboxylic acids is 1. The lowest BCUT2D eigenvalue weighted by Gasteiger charge is -2.35. The Kier molecular flexibility index (Phi) is 6.42. The van der Waals surface area contributed by atoms with Crippen LogP contribution in [0.1, 0.15) is 13.8 Å². The quantitative estimate of drug-likeness (QED) is 0.755. The van der Waals surface area contributed by atoms with Gasteiger partial charge in [-0.1, -0.05) is 0 Å². The number of anilines is 3. The molecule has 1 amide bonds. The van der Waals surface area contributed by atoms with Crippen LogP contribution in [0.5, 0.6) is 0 Å². The van der Waals surface area contributed by atoms with Crippen LogP contribution in [0.25, 0.3) is 0 Å². The number of aliphatic hydroxyl groups excluding tert-OH is 1. The summed E-state index contributed by atoms with van der Waals surface area (Å²) in [5.41, 5.74) is 6.77. The summed E-state index contributed by atoms with van der Waals surface area (Å²) in [6, 6.07) is 0. The molecule has 0 bridgehead atoms. The Hall–Kier alpha value is -2.29. The fourth-order valence-electron chi connectivity index (χ4n) is 2.73. The summed E-state index contributed by atoms with van der Waals surface area (Å²) < 4.78 is 5.03. The van der Waals surface area contributed by atoms with E-state index in [1.54, 1.807) is 11.8 Å². The number of likely N-dealkylation sites (N-methyl/N-ethyl adjacent to an activating group) is 1. The molecule has 9 heteroatoms. The molecule has 0 spiro atoms. The third kappa shape index (κ3) is 3.97. The van der Waals surface area contributed by atoms with Gasteiger partial charge in [-0.05, 0) is 13.8 Å². The minimum absolute atomic E-state index is 0.0326. The van der Waals surface area contributed by atoms with E-state index in [4.69, 9.17) is 10.5 Å². The first kappa shape index (κ1) is 18.1. The number of nitrogens with zero attached hydrogens (tertiary/aromatic N) is 5. The summed E-state index contributed by atoms with van der Waals surface area (Å²) in [5, 5.41) is 9.18. The highest BCUT2D eigenvalue weighted by Gasteiger charge is 2.25. The molecule has 1 aromatic rings. The van der Waals surface area contributed by atoms with E-state index in [-0.39, 0.29) is 12.7 Å². The second kappa shape index (κ2) is 8.53. The van der Waals surface area contributed by atoms with Crippen molar-refractivity contribution in [2.24, 2.45) is 0 Å². The molecule has 134 valence electrons. The fraction of sp³-hybridized carbons (Fsp3) is 0.667. The highest BCUT2D eigenvalue weighted by atomic mass is 16.6. The van der Waals surface area contributed by atoms with Gasteiger partial charge in [0, 0.05) is 39.3 Å². The molecule has 0 unspecified atom stereocenters. The Labute approximate surface area is 142 Å². The van der Waals surface area contributed by atoms with Crippen LogP contribution in [0, 0.1) is 0 Å². The number of rotatable bonds is 6. The zero-order valence-electron chi connectivity index (χ0n) is 14.3. The van der Waals surface area contributed by atoms with Crippen LogP contribution in [-0.2, 0) is 4.74 Å². The molecule has 0 aliphatic carbocycles. The molecule has 1 aliphatic rings. The van der Waals surface area contributed by atoms with Crippen LogP contribution in [0.15, 0.2) is 6.33 Å². The number of hydrogen-bond donors (Lipinski definition) is 2. The second-order valence-corrected chi connectivity index (χ2v) is 5.41. The van der Waals surface area contributed by atoms with Crippen molar-refractivity contribution in [2.45, 2.75) is 13.8 Å². The minimum atomic E-state index is -0.284. The number of ether oxygens (including phenoxy) is 1. The van der Waals surface area contributed by atoms with E-state index >= 15 is 0 Å². The van der Waals surface area contributed by atoms with Gasteiger partial charge in [-0.3, -0.25) is 0 Å². The Bertz CT molecular complexity index is 548. The van der Waals surface area contributed by atoms with Crippen LogP contribution in [0.4, 0.5) is 22.1 Å². The Balaban J connectivity index is 2.09. The van der Waals surface area contributed by atoms with Gasteiger partial charge in [0.25, 0.3) is 0 Å². The van der Waals surface area contributed by atoms with Crippen molar-refractivity contribution in [1.29, 1.82) is 0 Å². The first-order valence-electron chi connectivity index (χ1n) is 8.25. The molecule has 24 heavy (non-hydrogen) atoms. The molecule has 1 saturated heterocycles. The minimum Gasteiger partial charge on any atom is -0.450 e. The van der Waals surface area contributed by atoms with E-state index in [0.29, 0.717) is 63.2 Å². The molecule has 1 fully saturated rings. The summed E-state index contributed by atoms with van der Waals surface area (Å²) in [6.45, 7) is 7.72. The van der Waals surface area contributed by atoms with E-state index in [2.05, 4.69) is 9.97 Å². The molecule has 3 N–H and O–H groups in total. The van der Waals surface area contributed by atoms with Crippen LogP contribution >= 0.6 is 0 Å². The van der Waals surface area contributed by atoms with Gasteiger partial charge in [0.05, 0.1) is 13.2 Å². The maximum absolute atomic E-state index is 11.8. The number of piperazine rings is 1. The SMILES string of the molecule is CCOC(=O)N1CCN(c2ncnc(N(CC)CCO)c2N)CC1. The van der Waals surface area contributed by atoms with Gasteiger partial charge in [-0.2, -0.15) is 0 Å². The van der Waals surface area contributed by atoms with Crippen LogP contribution < -0.4 is 15.5 Å². The lowest BCUT2D eigenvalue weighted by molar-refractivity contribution is 0.105. The summed E-state index contributed by atoms with van der Waals surface area (Å²) >= 11 is 0. The van der Waals surface area contributed by atoms with Gasteiger partial charge in [-0.15, -0.1) is 0 Å². The highest BCUT2D eigenvalue weighted by molar-refractivity contribution is 5.76. The third-order valence-corrected chi connectivity index (χ3v) is 4.00. The van der Waals surface area contributed by atoms with Crippen molar-refractivity contribution in [1.82, 2.24) is 14.9 Å². The van der Waals surface area contributed by atoms with E-state index < -0.39 is 0 Å². The lowest BCUT2D eigenvalue weighted by atomic mass is 10.3. The normalized spacial score (nSPS) is 14.6. The monoisotopic (exact) mass is 338 g/mol. The summed E-state index contributed by atoms with van der Waals surface area (Å²) in [7, 11) is 0. The van der Waals surface area contributed by atoms with Gasteiger partial charge >= 0.3 is 6.09 Å². The number of nitrogens with two attached hydrogens (primary N) is 1. The number of carbonyl (C=O) groups is 1. The van der Waals surface area contributed by atoms with Gasteiger partial charge in [-0.25, -0.2) is 14.8 Å². The predicted molar refractivity (Wildman–Crippen MR) is 92.2 cm³/mol. The van der Waals surface area contributed by atoms with Crippen molar-refractivity contribution in [3.63, 3.8) is 0 Å². The number of aromatic nitrogens is 2. The Morgan fingerprint density at radius 2 is 2.04 bits per heavy atom. The predicted octanol–water partition coefficient (Wildman–Crippen LogP) is 0.156. The Morgan fingerprint density at radius 3 is 2.62 bits per heavy atom. The van der Waals surface area contributed by atoms with Crippen molar-refractivity contribution in [3.8, 4) is 0 Å². The maximum atomic E-state index is 11.8. The third-order valence-electron chi connectivity index (χ3n) is 4.00. The first-order valence-corrected chi connectivity index (χ1v) is 8.25. The second-order valence-electron chi connectivity index (χ2n) is 5.41. The number of nitrogen functional groups attached to an aromatic ring is 1. The van der Waals surface area contributed by atoms with Crippen LogP contribution in [-0.4, -0.2) is 78.5 Å². The summed E-state index contributed by atoms with van der Waals surface area (Å²) in [6.07, 6.45) is 1.20. The van der Waals surface area contributed by atoms with Crippen molar-refractivity contribution < 1.29 is 14.6 Å². The molecule has 0 saturated carbocycles. The highest BCUT2D eigenvalue weighted by Crippen LogP contribution is 2.29. The summed E-state index contributed by atoms with van der Waals surface area (Å²) in [4.78, 5) is 26.0. The first-order chi connectivity index (χ1) is 11.6. The van der Waals surface area contributed by atoms with E-state index in [0.717, 1.165) is 0 Å². The van der Waals surface area contributed by atoms with Crippen molar-refractivity contribution >= 4 is 23.4 Å². The average Bonchev–Trinajstić information content (AvgIpc) is 2.60. The largest absolute Gasteiger partial charge is 0.450 e. The van der Waals surface area contributed by atoms with E-state index in [1.165, 1.54) is 6.33 Å². The molecule has 0 aromatic carbocycles.